The van der Waals surface area contributed by atoms with E-state index in [1.54, 1.807) is 7.11 Å². The Bertz CT molecular complexity index is 245. The highest BCUT2D eigenvalue weighted by Crippen LogP contribution is 2.33. The van der Waals surface area contributed by atoms with Gasteiger partial charge in [-0.3, -0.25) is 4.90 Å². The zero-order valence-corrected chi connectivity index (χ0v) is 13.4. The molecule has 0 bridgehead atoms. The topological polar surface area (TPSA) is 32.7 Å². The number of nitrogens with zero attached hydrogens (tertiary/aromatic N) is 1. The van der Waals surface area contributed by atoms with E-state index in [9.17, 15) is 5.11 Å². The highest BCUT2D eigenvalue weighted by atomic mass is 16.5. The van der Waals surface area contributed by atoms with E-state index in [-0.39, 0.29) is 6.10 Å². The number of aliphatic hydroxyl groups excluding tert-OH is 1. The van der Waals surface area contributed by atoms with Gasteiger partial charge in [0.25, 0.3) is 0 Å². The van der Waals surface area contributed by atoms with Crippen molar-refractivity contribution in [1.82, 2.24) is 4.90 Å². The van der Waals surface area contributed by atoms with Gasteiger partial charge in [-0.15, -0.1) is 0 Å². The van der Waals surface area contributed by atoms with Crippen LogP contribution in [-0.2, 0) is 4.74 Å². The van der Waals surface area contributed by atoms with Gasteiger partial charge in [0.05, 0.1) is 12.7 Å². The Labute approximate surface area is 119 Å². The highest BCUT2D eigenvalue weighted by Gasteiger charge is 2.35. The van der Waals surface area contributed by atoms with Gasteiger partial charge in [0.15, 0.2) is 0 Å². The van der Waals surface area contributed by atoms with Crippen LogP contribution in [0.1, 0.15) is 53.4 Å². The Morgan fingerprint density at radius 1 is 1.26 bits per heavy atom. The van der Waals surface area contributed by atoms with Gasteiger partial charge in [-0.2, -0.15) is 0 Å². The van der Waals surface area contributed by atoms with Gasteiger partial charge in [-0.1, -0.05) is 20.8 Å². The fraction of sp³-hybridized carbons (Fsp3) is 1.00. The van der Waals surface area contributed by atoms with Crippen molar-refractivity contribution in [3.05, 3.63) is 0 Å². The third-order valence-electron chi connectivity index (χ3n) is 4.90. The van der Waals surface area contributed by atoms with Crippen LogP contribution in [0.15, 0.2) is 0 Å². The Hall–Kier alpha value is -0.120. The first-order valence-electron chi connectivity index (χ1n) is 7.93. The molecule has 4 atom stereocenters. The summed E-state index contributed by atoms with van der Waals surface area (Å²) in [5, 5.41) is 10.4. The minimum atomic E-state index is -0.166. The maximum atomic E-state index is 10.4. The van der Waals surface area contributed by atoms with E-state index in [0.29, 0.717) is 12.1 Å². The predicted molar refractivity (Wildman–Crippen MR) is 80.3 cm³/mol. The molecule has 3 nitrogen and oxygen atoms in total. The van der Waals surface area contributed by atoms with E-state index in [1.807, 2.05) is 0 Å². The quantitative estimate of drug-likeness (QED) is 0.773. The summed E-state index contributed by atoms with van der Waals surface area (Å²) in [4.78, 5) is 2.47. The van der Waals surface area contributed by atoms with E-state index in [1.165, 1.54) is 6.42 Å². The lowest BCUT2D eigenvalue weighted by molar-refractivity contribution is -0.0291. The van der Waals surface area contributed by atoms with Crippen molar-refractivity contribution in [2.75, 3.05) is 20.3 Å². The number of hydrogen-bond donors (Lipinski definition) is 1. The molecule has 19 heavy (non-hydrogen) atoms. The molecule has 1 aliphatic carbocycles. The van der Waals surface area contributed by atoms with Crippen molar-refractivity contribution in [1.29, 1.82) is 0 Å². The Morgan fingerprint density at radius 2 is 1.95 bits per heavy atom. The van der Waals surface area contributed by atoms with Crippen LogP contribution in [0, 0.1) is 11.8 Å². The molecule has 0 aromatic heterocycles. The second-order valence-corrected chi connectivity index (χ2v) is 6.44. The summed E-state index contributed by atoms with van der Waals surface area (Å²) in [7, 11) is 1.75. The molecule has 0 radical (unpaired) electrons. The predicted octanol–water partition coefficient (Wildman–Crippen LogP) is 2.92. The van der Waals surface area contributed by atoms with Crippen molar-refractivity contribution < 1.29 is 9.84 Å². The lowest BCUT2D eigenvalue weighted by Crippen LogP contribution is -2.52. The second kappa shape index (κ2) is 8.23. The molecule has 0 aliphatic heterocycles. The Kier molecular flexibility index (Phi) is 7.33. The van der Waals surface area contributed by atoms with Gasteiger partial charge >= 0.3 is 0 Å². The summed E-state index contributed by atoms with van der Waals surface area (Å²) in [5.74, 6) is 1.47. The van der Waals surface area contributed by atoms with Gasteiger partial charge in [0, 0.05) is 25.7 Å². The summed E-state index contributed by atoms with van der Waals surface area (Å²) in [6, 6.07) is 0.826. The summed E-state index contributed by atoms with van der Waals surface area (Å²) >= 11 is 0. The molecule has 1 N–H and O–H groups in total. The lowest BCUT2D eigenvalue weighted by Gasteiger charge is -2.44. The highest BCUT2D eigenvalue weighted by molar-refractivity contribution is 4.89. The zero-order valence-electron chi connectivity index (χ0n) is 13.4. The van der Waals surface area contributed by atoms with E-state index in [0.717, 1.165) is 44.2 Å². The van der Waals surface area contributed by atoms with E-state index in [4.69, 9.17) is 4.74 Å². The molecule has 114 valence electrons. The first-order chi connectivity index (χ1) is 9.01. The molecular formula is C16H33NO2. The molecule has 0 spiro atoms. The summed E-state index contributed by atoms with van der Waals surface area (Å²) in [6.45, 7) is 10.8. The van der Waals surface area contributed by atoms with Crippen molar-refractivity contribution in [3.8, 4) is 0 Å². The average molecular weight is 271 g/mol. The average Bonchev–Trinajstić information content (AvgIpc) is 2.40. The van der Waals surface area contributed by atoms with Gasteiger partial charge in [-0.05, 0) is 44.4 Å². The molecule has 0 saturated heterocycles. The van der Waals surface area contributed by atoms with Crippen LogP contribution in [0.25, 0.3) is 0 Å². The fourth-order valence-electron chi connectivity index (χ4n) is 3.27. The first-order valence-corrected chi connectivity index (χ1v) is 7.93. The van der Waals surface area contributed by atoms with Crippen LogP contribution in [0.4, 0.5) is 0 Å². The van der Waals surface area contributed by atoms with Crippen molar-refractivity contribution in [2.45, 2.75) is 71.6 Å². The zero-order chi connectivity index (χ0) is 14.4. The normalized spacial score (nSPS) is 30.0. The van der Waals surface area contributed by atoms with Crippen molar-refractivity contribution in [3.63, 3.8) is 0 Å². The smallest absolute Gasteiger partial charge is 0.0695 e. The molecule has 1 fully saturated rings. The van der Waals surface area contributed by atoms with E-state index >= 15 is 0 Å². The van der Waals surface area contributed by atoms with Crippen molar-refractivity contribution >= 4 is 0 Å². The largest absolute Gasteiger partial charge is 0.391 e. The minimum absolute atomic E-state index is 0.166. The summed E-state index contributed by atoms with van der Waals surface area (Å²) in [5.41, 5.74) is 0. The Morgan fingerprint density at radius 3 is 2.47 bits per heavy atom. The number of rotatable bonds is 7. The first kappa shape index (κ1) is 16.9. The SMILES string of the molecule is CCC(C)N(CCOC)C1CC(C(C)C)CCC1O. The molecule has 1 aliphatic rings. The molecule has 1 saturated carbocycles. The maximum absolute atomic E-state index is 10.4. The number of hydrogen-bond acceptors (Lipinski definition) is 3. The molecule has 0 heterocycles. The van der Waals surface area contributed by atoms with Crippen LogP contribution in [0.3, 0.4) is 0 Å². The van der Waals surface area contributed by atoms with Crippen LogP contribution < -0.4 is 0 Å². The monoisotopic (exact) mass is 271 g/mol. The Balaban J connectivity index is 2.73. The molecule has 1 rings (SSSR count). The molecular weight excluding hydrogens is 238 g/mol. The van der Waals surface area contributed by atoms with Gasteiger partial charge < -0.3 is 9.84 Å². The van der Waals surface area contributed by atoms with E-state index in [2.05, 4.69) is 32.6 Å². The molecule has 4 unspecified atom stereocenters. The van der Waals surface area contributed by atoms with Crippen LogP contribution in [0.2, 0.25) is 0 Å². The number of ether oxygens (including phenoxy) is 1. The second-order valence-electron chi connectivity index (χ2n) is 6.44. The van der Waals surface area contributed by atoms with Crippen LogP contribution in [0.5, 0.6) is 0 Å². The van der Waals surface area contributed by atoms with Gasteiger partial charge in [0.1, 0.15) is 0 Å². The van der Waals surface area contributed by atoms with Crippen molar-refractivity contribution in [2.24, 2.45) is 11.8 Å². The number of aliphatic hydroxyl groups is 1. The van der Waals surface area contributed by atoms with E-state index < -0.39 is 0 Å². The van der Waals surface area contributed by atoms with Crippen LogP contribution in [-0.4, -0.2) is 48.5 Å². The third-order valence-corrected chi connectivity index (χ3v) is 4.90. The molecule has 0 aromatic carbocycles. The molecule has 0 amide bonds. The van der Waals surface area contributed by atoms with Crippen LogP contribution >= 0.6 is 0 Å². The lowest BCUT2D eigenvalue weighted by atomic mass is 9.77. The standard InChI is InChI=1S/C16H33NO2/c1-6-13(4)17(9-10-19-5)15-11-14(12(2)3)7-8-16(15)18/h12-16,18H,6-11H2,1-5H3. The molecule has 3 heteroatoms. The minimum Gasteiger partial charge on any atom is -0.391 e. The van der Waals surface area contributed by atoms with Gasteiger partial charge in [0.2, 0.25) is 0 Å². The molecule has 0 aromatic rings. The summed E-state index contributed by atoms with van der Waals surface area (Å²) < 4.78 is 5.24. The fourth-order valence-corrected chi connectivity index (χ4v) is 3.27. The third kappa shape index (κ3) is 4.73. The maximum Gasteiger partial charge on any atom is 0.0695 e. The number of methoxy groups -OCH3 is 1. The van der Waals surface area contributed by atoms with Gasteiger partial charge in [-0.25, -0.2) is 0 Å². The summed E-state index contributed by atoms with van der Waals surface area (Å²) in [6.07, 6.45) is 4.22.